The number of carbonyl (C=O) groups excluding carboxylic acids is 1. The lowest BCUT2D eigenvalue weighted by molar-refractivity contribution is -0.116. The number of ether oxygens (including phenoxy) is 1. The smallest absolute Gasteiger partial charge is 0.244 e. The van der Waals surface area contributed by atoms with Crippen LogP contribution in [0.3, 0.4) is 0 Å². The highest BCUT2D eigenvalue weighted by Crippen LogP contribution is 2.21. The predicted octanol–water partition coefficient (Wildman–Crippen LogP) is 4.52. The van der Waals surface area contributed by atoms with Gasteiger partial charge in [0.15, 0.2) is 0 Å². The number of nitrogens with zero attached hydrogens (tertiary/aromatic N) is 3. The third-order valence-electron chi connectivity index (χ3n) is 4.86. The molecule has 0 radical (unpaired) electrons. The molecule has 0 atom stereocenters. The third-order valence-corrected chi connectivity index (χ3v) is 5.68. The van der Waals surface area contributed by atoms with E-state index < -0.39 is 0 Å². The van der Waals surface area contributed by atoms with Gasteiger partial charge < -0.3 is 14.6 Å². The van der Waals surface area contributed by atoms with E-state index in [4.69, 9.17) is 4.74 Å². The monoisotopic (exact) mass is 432 g/mol. The molecule has 0 fully saturated rings. The molecule has 2 aromatic carbocycles. The summed E-state index contributed by atoms with van der Waals surface area (Å²) in [5.41, 5.74) is 3.80. The van der Waals surface area contributed by atoms with E-state index in [-0.39, 0.29) is 5.91 Å². The van der Waals surface area contributed by atoms with Gasteiger partial charge in [-0.2, -0.15) is 0 Å². The molecule has 1 N–H and O–H groups in total. The molecule has 1 amide bonds. The summed E-state index contributed by atoms with van der Waals surface area (Å²) in [5, 5.41) is 5.95. The molecule has 0 aliphatic carbocycles. The van der Waals surface area contributed by atoms with Gasteiger partial charge in [-0.05, 0) is 38.1 Å². The normalized spacial score (nSPS) is 11.3. The second-order valence-corrected chi connectivity index (χ2v) is 8.17. The number of imidazole rings is 1. The summed E-state index contributed by atoms with van der Waals surface area (Å²) in [6, 6.07) is 15.7. The Morgan fingerprint density at radius 3 is 2.77 bits per heavy atom. The molecule has 0 unspecified atom stereocenters. The van der Waals surface area contributed by atoms with Crippen molar-refractivity contribution in [3.63, 3.8) is 0 Å². The van der Waals surface area contributed by atoms with E-state index in [0.29, 0.717) is 19.7 Å². The summed E-state index contributed by atoms with van der Waals surface area (Å²) in [6.07, 6.45) is 3.31. The molecule has 2 aromatic heterocycles. The lowest BCUT2D eigenvalue weighted by Crippen LogP contribution is -2.25. The summed E-state index contributed by atoms with van der Waals surface area (Å²) in [5.74, 6) is 1.51. The van der Waals surface area contributed by atoms with Gasteiger partial charge in [-0.1, -0.05) is 30.3 Å². The first-order chi connectivity index (χ1) is 15.1. The molecule has 158 valence electrons. The molecule has 6 nitrogen and oxygen atoms in total. The van der Waals surface area contributed by atoms with Gasteiger partial charge in [0, 0.05) is 30.1 Å². The van der Waals surface area contributed by atoms with E-state index in [2.05, 4.69) is 19.9 Å². The number of benzene rings is 2. The van der Waals surface area contributed by atoms with E-state index in [1.807, 2.05) is 67.8 Å². The van der Waals surface area contributed by atoms with Crippen LogP contribution in [0.1, 0.15) is 22.1 Å². The van der Waals surface area contributed by atoms with Crippen molar-refractivity contribution in [1.29, 1.82) is 0 Å². The zero-order valence-corrected chi connectivity index (χ0v) is 18.4. The quantitative estimate of drug-likeness (QED) is 0.416. The van der Waals surface area contributed by atoms with E-state index in [9.17, 15) is 4.79 Å². The minimum atomic E-state index is -0.146. The van der Waals surface area contributed by atoms with Crippen molar-refractivity contribution in [3.05, 3.63) is 82.1 Å². The molecule has 0 aliphatic heterocycles. The zero-order chi connectivity index (χ0) is 21.6. The maximum atomic E-state index is 12.3. The summed E-state index contributed by atoms with van der Waals surface area (Å²) in [7, 11) is 0. The molecule has 7 heteroatoms. The molecule has 31 heavy (non-hydrogen) atoms. The molecule has 2 heterocycles. The van der Waals surface area contributed by atoms with Crippen LogP contribution in [0.5, 0.6) is 5.75 Å². The first kappa shape index (κ1) is 20.8. The number of amides is 1. The molecular weight excluding hydrogens is 408 g/mol. The van der Waals surface area contributed by atoms with Crippen molar-refractivity contribution in [3.8, 4) is 5.75 Å². The van der Waals surface area contributed by atoms with Gasteiger partial charge in [-0.3, -0.25) is 4.79 Å². The first-order valence-electron chi connectivity index (χ1n) is 10.1. The maximum Gasteiger partial charge on any atom is 0.244 e. The topological polar surface area (TPSA) is 69.0 Å². The fourth-order valence-electron chi connectivity index (χ4n) is 3.37. The number of fused-ring (bicyclic) bond motifs is 1. The largest absolute Gasteiger partial charge is 0.487 e. The summed E-state index contributed by atoms with van der Waals surface area (Å²) < 4.78 is 8.02. The number of thiazole rings is 1. The Balaban J connectivity index is 1.33. The standard InChI is InChI=1S/C24H24N4O2S/c1-17-26-21-8-4-5-9-22(21)28(17)14-13-25-24(29)12-11-19-7-3-6-10-23(19)30-15-20-16-31-18(2)27-20/h3-12,16H,13-15H2,1-2H3,(H,25,29)/b12-11+. The van der Waals surface area contributed by atoms with E-state index >= 15 is 0 Å². The minimum absolute atomic E-state index is 0.146. The van der Waals surface area contributed by atoms with Gasteiger partial charge in [0.1, 0.15) is 18.2 Å². The first-order valence-corrected chi connectivity index (χ1v) is 11.0. The highest BCUT2D eigenvalue weighted by Gasteiger charge is 2.07. The van der Waals surface area contributed by atoms with Crippen molar-refractivity contribution in [1.82, 2.24) is 19.9 Å². The Morgan fingerprint density at radius 1 is 1.13 bits per heavy atom. The Kier molecular flexibility index (Phi) is 6.43. The van der Waals surface area contributed by atoms with Crippen LogP contribution in [0.2, 0.25) is 0 Å². The Morgan fingerprint density at radius 2 is 1.94 bits per heavy atom. The fourth-order valence-corrected chi connectivity index (χ4v) is 3.97. The molecule has 4 aromatic rings. The molecule has 0 saturated heterocycles. The lowest BCUT2D eigenvalue weighted by atomic mass is 10.2. The molecule has 4 rings (SSSR count). The summed E-state index contributed by atoms with van der Waals surface area (Å²) in [6.45, 7) is 5.54. The van der Waals surface area contributed by atoms with Crippen LogP contribution in [-0.4, -0.2) is 27.0 Å². The highest BCUT2D eigenvalue weighted by atomic mass is 32.1. The summed E-state index contributed by atoms with van der Waals surface area (Å²) >= 11 is 1.60. The number of carbonyl (C=O) groups is 1. The van der Waals surface area contributed by atoms with Crippen molar-refractivity contribution in [2.24, 2.45) is 0 Å². The van der Waals surface area contributed by atoms with E-state index in [1.54, 1.807) is 17.4 Å². The third kappa shape index (κ3) is 5.19. The van der Waals surface area contributed by atoms with Gasteiger partial charge in [-0.15, -0.1) is 11.3 Å². The number of aryl methyl sites for hydroxylation is 2. The Bertz CT molecular complexity index is 1230. The molecule has 0 saturated carbocycles. The zero-order valence-electron chi connectivity index (χ0n) is 17.5. The van der Waals surface area contributed by atoms with Crippen molar-refractivity contribution in [2.75, 3.05) is 6.54 Å². The van der Waals surface area contributed by atoms with Crippen LogP contribution >= 0.6 is 11.3 Å². The van der Waals surface area contributed by atoms with Crippen LogP contribution in [0.15, 0.2) is 60.0 Å². The number of nitrogens with one attached hydrogen (secondary N) is 1. The molecule has 0 bridgehead atoms. The van der Waals surface area contributed by atoms with Crippen LogP contribution in [0.4, 0.5) is 0 Å². The van der Waals surface area contributed by atoms with Crippen LogP contribution in [0, 0.1) is 13.8 Å². The second kappa shape index (κ2) is 9.57. The highest BCUT2D eigenvalue weighted by molar-refractivity contribution is 7.09. The van der Waals surface area contributed by atoms with Crippen molar-refractivity contribution in [2.45, 2.75) is 27.0 Å². The Labute approximate surface area is 185 Å². The fraction of sp³-hybridized carbons (Fsp3) is 0.208. The molecule has 0 spiro atoms. The number of hydrogen-bond acceptors (Lipinski definition) is 5. The predicted molar refractivity (Wildman–Crippen MR) is 124 cm³/mol. The number of para-hydroxylation sites is 3. The average Bonchev–Trinajstić information content (AvgIpc) is 3.33. The lowest BCUT2D eigenvalue weighted by Gasteiger charge is -2.08. The van der Waals surface area contributed by atoms with Gasteiger partial charge in [-0.25, -0.2) is 9.97 Å². The molecule has 0 aliphatic rings. The molecular formula is C24H24N4O2S. The second-order valence-electron chi connectivity index (χ2n) is 7.11. The number of hydrogen-bond donors (Lipinski definition) is 1. The van der Waals surface area contributed by atoms with Gasteiger partial charge in [0.2, 0.25) is 5.91 Å². The van der Waals surface area contributed by atoms with Crippen LogP contribution in [-0.2, 0) is 17.9 Å². The van der Waals surface area contributed by atoms with Gasteiger partial charge in [0.05, 0.1) is 21.7 Å². The van der Waals surface area contributed by atoms with Crippen molar-refractivity contribution >= 4 is 34.4 Å². The minimum Gasteiger partial charge on any atom is -0.487 e. The van der Waals surface area contributed by atoms with Crippen molar-refractivity contribution < 1.29 is 9.53 Å². The SMILES string of the molecule is Cc1nc(COc2ccccc2/C=C/C(=O)NCCn2c(C)nc3ccccc32)cs1. The van der Waals surface area contributed by atoms with E-state index in [0.717, 1.165) is 38.9 Å². The van der Waals surface area contributed by atoms with Gasteiger partial charge in [0.25, 0.3) is 0 Å². The average molecular weight is 433 g/mol. The van der Waals surface area contributed by atoms with Crippen LogP contribution in [0.25, 0.3) is 17.1 Å². The van der Waals surface area contributed by atoms with Crippen LogP contribution < -0.4 is 10.1 Å². The maximum absolute atomic E-state index is 12.3. The number of rotatable bonds is 8. The van der Waals surface area contributed by atoms with Gasteiger partial charge >= 0.3 is 0 Å². The summed E-state index contributed by atoms with van der Waals surface area (Å²) in [4.78, 5) is 21.3. The number of aromatic nitrogens is 3. The van der Waals surface area contributed by atoms with E-state index in [1.165, 1.54) is 6.08 Å². The Hall–Kier alpha value is -3.45.